The maximum atomic E-state index is 13.8. The van der Waals surface area contributed by atoms with Crippen molar-refractivity contribution >= 4 is 0 Å². The van der Waals surface area contributed by atoms with E-state index in [9.17, 15) is 48.3 Å². The Labute approximate surface area is 109 Å². The van der Waals surface area contributed by atoms with Crippen molar-refractivity contribution in [1.29, 1.82) is 0 Å². The zero-order valence-corrected chi connectivity index (χ0v) is 9.89. The largest absolute Gasteiger partial charge is 0.389 e. The second-order valence-corrected chi connectivity index (χ2v) is 4.51. The molecule has 1 aliphatic rings. The normalized spacial score (nSPS) is 32.4. The second kappa shape index (κ2) is 4.13. The summed E-state index contributed by atoms with van der Waals surface area (Å²) in [4.78, 5) is 0. The van der Waals surface area contributed by atoms with Crippen LogP contribution >= 0.6 is 0 Å². The summed E-state index contributed by atoms with van der Waals surface area (Å²) in [5, 5.41) is 8.80. The molecule has 126 valence electrons. The molecule has 0 saturated heterocycles. The van der Waals surface area contributed by atoms with E-state index in [1.54, 1.807) is 0 Å². The van der Waals surface area contributed by atoms with E-state index in [1.807, 2.05) is 0 Å². The summed E-state index contributed by atoms with van der Waals surface area (Å²) in [6, 6.07) is 0. The van der Waals surface area contributed by atoms with E-state index in [1.165, 1.54) is 0 Å². The summed E-state index contributed by atoms with van der Waals surface area (Å²) in [5.74, 6) is -35.5. The van der Waals surface area contributed by atoms with Gasteiger partial charge in [-0.2, -0.15) is 43.9 Å². The van der Waals surface area contributed by atoms with Gasteiger partial charge in [0.2, 0.25) is 0 Å². The predicted molar refractivity (Wildman–Crippen MR) is 44.9 cm³/mol. The van der Waals surface area contributed by atoms with E-state index >= 15 is 0 Å². The van der Waals surface area contributed by atoms with Gasteiger partial charge in [-0.15, -0.1) is 0 Å². The molecular weight excluding hydrogens is 333 g/mol. The van der Waals surface area contributed by atoms with Crippen molar-refractivity contribution in [2.75, 3.05) is 0 Å². The molecule has 0 aromatic heterocycles. The summed E-state index contributed by atoms with van der Waals surface area (Å²) in [7, 11) is 0. The number of halogens is 11. The highest BCUT2D eigenvalue weighted by Crippen LogP contribution is 2.70. The minimum atomic E-state index is -7.24. The first-order valence-corrected chi connectivity index (χ1v) is 5.24. The Morgan fingerprint density at radius 3 is 1.10 bits per heavy atom. The number of hydrogen-bond donors (Lipinski definition) is 1. The van der Waals surface area contributed by atoms with Gasteiger partial charge in [0.25, 0.3) is 5.67 Å². The third-order valence-corrected chi connectivity index (χ3v) is 3.34. The molecular formula is C9H7F11O. The maximum Gasteiger partial charge on any atom is 0.384 e. The molecule has 1 fully saturated rings. The van der Waals surface area contributed by atoms with E-state index < -0.39 is 47.8 Å². The van der Waals surface area contributed by atoms with E-state index in [-0.39, 0.29) is 0 Å². The SMILES string of the molecule is CCC(O)C1(F)C(F)(F)C(F)(F)C(F)(F)C(F)(F)C1(F)F. The highest BCUT2D eigenvalue weighted by atomic mass is 19.4. The van der Waals surface area contributed by atoms with Crippen LogP contribution in [-0.2, 0) is 0 Å². The van der Waals surface area contributed by atoms with E-state index in [0.29, 0.717) is 6.92 Å². The first-order valence-electron chi connectivity index (χ1n) is 5.24. The first kappa shape index (κ1) is 18.2. The summed E-state index contributed by atoms with van der Waals surface area (Å²) in [5.41, 5.74) is -6.29. The molecule has 12 heteroatoms. The molecule has 1 rings (SSSR count). The van der Waals surface area contributed by atoms with Crippen LogP contribution in [-0.4, -0.2) is 46.5 Å². The van der Waals surface area contributed by atoms with Gasteiger partial charge >= 0.3 is 29.6 Å². The second-order valence-electron chi connectivity index (χ2n) is 4.51. The molecule has 1 N–H and O–H groups in total. The summed E-state index contributed by atoms with van der Waals surface area (Å²) < 4.78 is 144. The Kier molecular flexibility index (Phi) is 3.59. The van der Waals surface area contributed by atoms with Crippen LogP contribution in [0.5, 0.6) is 0 Å². The quantitative estimate of drug-likeness (QED) is 0.761. The first-order chi connectivity index (χ1) is 8.98. The van der Waals surface area contributed by atoms with Crippen molar-refractivity contribution in [3.05, 3.63) is 0 Å². The third kappa shape index (κ3) is 1.51. The minimum absolute atomic E-state index is 0.529. The summed E-state index contributed by atoms with van der Waals surface area (Å²) >= 11 is 0. The maximum absolute atomic E-state index is 13.8. The average Bonchev–Trinajstić information content (AvgIpc) is 2.34. The van der Waals surface area contributed by atoms with Crippen LogP contribution in [0.3, 0.4) is 0 Å². The molecule has 0 aliphatic heterocycles. The number of aliphatic hydroxyl groups is 1. The van der Waals surface area contributed by atoms with Crippen molar-refractivity contribution in [2.24, 2.45) is 0 Å². The monoisotopic (exact) mass is 340 g/mol. The highest BCUT2D eigenvalue weighted by molar-refractivity contribution is 5.28. The van der Waals surface area contributed by atoms with Crippen molar-refractivity contribution < 1.29 is 53.4 Å². The topological polar surface area (TPSA) is 20.2 Å². The van der Waals surface area contributed by atoms with Crippen LogP contribution in [0, 0.1) is 0 Å². The Morgan fingerprint density at radius 1 is 0.619 bits per heavy atom. The Morgan fingerprint density at radius 2 is 0.857 bits per heavy atom. The number of rotatable bonds is 2. The molecule has 1 atom stereocenters. The molecule has 1 unspecified atom stereocenters. The number of hydrogen-bond acceptors (Lipinski definition) is 1. The lowest BCUT2D eigenvalue weighted by Crippen LogP contribution is -2.86. The lowest BCUT2D eigenvalue weighted by Gasteiger charge is -2.53. The fourth-order valence-electron chi connectivity index (χ4n) is 1.95. The number of alkyl halides is 11. The Hall–Kier alpha value is -0.810. The van der Waals surface area contributed by atoms with E-state index in [4.69, 9.17) is 5.11 Å². The van der Waals surface area contributed by atoms with Gasteiger partial charge in [-0.05, 0) is 6.42 Å². The van der Waals surface area contributed by atoms with Crippen LogP contribution in [0.2, 0.25) is 0 Å². The lowest BCUT2D eigenvalue weighted by molar-refractivity contribution is -0.493. The summed E-state index contributed by atoms with van der Waals surface area (Å²) in [6.45, 7) is 0.529. The van der Waals surface area contributed by atoms with Gasteiger partial charge in [-0.25, -0.2) is 4.39 Å². The minimum Gasteiger partial charge on any atom is -0.389 e. The van der Waals surface area contributed by atoms with Gasteiger partial charge in [0.05, 0.1) is 0 Å². The molecule has 0 aromatic carbocycles. The van der Waals surface area contributed by atoms with Crippen LogP contribution in [0.1, 0.15) is 13.3 Å². The highest BCUT2D eigenvalue weighted by Gasteiger charge is 3.01. The van der Waals surface area contributed by atoms with Crippen molar-refractivity contribution in [3.8, 4) is 0 Å². The van der Waals surface area contributed by atoms with Gasteiger partial charge in [0.1, 0.15) is 6.10 Å². The molecule has 21 heavy (non-hydrogen) atoms. The fourth-order valence-corrected chi connectivity index (χ4v) is 1.95. The molecule has 1 saturated carbocycles. The number of aliphatic hydroxyl groups excluding tert-OH is 1. The third-order valence-electron chi connectivity index (χ3n) is 3.34. The smallest absolute Gasteiger partial charge is 0.384 e. The standard InChI is InChI=1S/C9H7F11O/c1-2-3(21)4(10)5(11,12)7(15,16)9(19,20)8(17,18)6(4,13)14/h3,21H,2H2,1H3. The molecule has 1 aliphatic carbocycles. The zero-order chi connectivity index (χ0) is 17.3. The Bertz CT molecular complexity index is 399. The summed E-state index contributed by atoms with van der Waals surface area (Å²) in [6.07, 6.45) is -5.17. The van der Waals surface area contributed by atoms with Gasteiger partial charge in [-0.3, -0.25) is 0 Å². The van der Waals surface area contributed by atoms with Crippen LogP contribution < -0.4 is 0 Å². The predicted octanol–water partition coefficient (Wildman–Crippen LogP) is 3.66. The van der Waals surface area contributed by atoms with Gasteiger partial charge in [0, 0.05) is 0 Å². The van der Waals surface area contributed by atoms with Gasteiger partial charge < -0.3 is 5.11 Å². The molecule has 0 bridgehead atoms. The molecule has 0 amide bonds. The average molecular weight is 340 g/mol. The molecule has 1 nitrogen and oxygen atoms in total. The molecule has 0 radical (unpaired) electrons. The molecule has 0 heterocycles. The van der Waals surface area contributed by atoms with Gasteiger partial charge in [-0.1, -0.05) is 6.92 Å². The van der Waals surface area contributed by atoms with Crippen molar-refractivity contribution in [1.82, 2.24) is 0 Å². The van der Waals surface area contributed by atoms with Crippen molar-refractivity contribution in [2.45, 2.75) is 54.7 Å². The molecule has 0 spiro atoms. The lowest BCUT2D eigenvalue weighted by atomic mass is 9.69. The van der Waals surface area contributed by atoms with Crippen LogP contribution in [0.4, 0.5) is 48.3 Å². The van der Waals surface area contributed by atoms with E-state index in [0.717, 1.165) is 0 Å². The van der Waals surface area contributed by atoms with Gasteiger partial charge in [0.15, 0.2) is 0 Å². The molecule has 0 aromatic rings. The Balaban J connectivity index is 3.83. The van der Waals surface area contributed by atoms with Crippen molar-refractivity contribution in [3.63, 3.8) is 0 Å². The zero-order valence-electron chi connectivity index (χ0n) is 9.89. The van der Waals surface area contributed by atoms with Crippen LogP contribution in [0.25, 0.3) is 0 Å². The van der Waals surface area contributed by atoms with E-state index in [2.05, 4.69) is 0 Å². The fraction of sp³-hybridized carbons (Fsp3) is 1.00. The van der Waals surface area contributed by atoms with Crippen LogP contribution in [0.15, 0.2) is 0 Å².